The largest absolute Gasteiger partial charge is 0.573 e. The van der Waals surface area contributed by atoms with Crippen molar-refractivity contribution >= 4 is 22.7 Å². The summed E-state index contributed by atoms with van der Waals surface area (Å²) in [6.07, 6.45) is -1.29. The molecule has 1 atom stereocenters. The van der Waals surface area contributed by atoms with Gasteiger partial charge in [-0.25, -0.2) is 4.79 Å². The van der Waals surface area contributed by atoms with Crippen LogP contribution in [0.3, 0.4) is 0 Å². The second-order valence-electron chi connectivity index (χ2n) is 7.01. The third-order valence-electron chi connectivity index (χ3n) is 5.12. The number of ketones is 1. The molecule has 1 fully saturated rings. The van der Waals surface area contributed by atoms with Gasteiger partial charge in [-0.05, 0) is 54.3 Å². The zero-order valence-corrected chi connectivity index (χ0v) is 15.1. The van der Waals surface area contributed by atoms with E-state index < -0.39 is 12.3 Å². The van der Waals surface area contributed by atoms with Crippen molar-refractivity contribution < 1.29 is 32.6 Å². The normalized spacial score (nSPS) is 17.1. The summed E-state index contributed by atoms with van der Waals surface area (Å²) in [4.78, 5) is 23.1. The maximum Gasteiger partial charge on any atom is 0.573 e. The second-order valence-corrected chi connectivity index (χ2v) is 7.01. The molecule has 0 aliphatic heterocycles. The summed E-state index contributed by atoms with van der Waals surface area (Å²) in [5, 5.41) is 10.2. The lowest BCUT2D eigenvalue weighted by Gasteiger charge is -2.10. The number of Topliss-reactive ketones (excluding diaryl/α,β-unsaturated/α-hetero) is 1. The summed E-state index contributed by atoms with van der Waals surface area (Å²) in [6, 6.07) is 10.1. The number of hydrogen-bond donors (Lipinski definition) is 1. The van der Waals surface area contributed by atoms with Crippen LogP contribution >= 0.6 is 0 Å². The van der Waals surface area contributed by atoms with E-state index >= 15 is 0 Å². The SMILES string of the molecule is O=C1CCC(c2cn(-c3ccc(OC(F)(F)F)cc3)c3cc(C(=O)O)ccc23)C1. The molecule has 3 aromatic rings. The van der Waals surface area contributed by atoms with Gasteiger partial charge in [0.05, 0.1) is 11.1 Å². The number of carboxylic acids is 1. The summed E-state index contributed by atoms with van der Waals surface area (Å²) in [6.45, 7) is 0. The van der Waals surface area contributed by atoms with Gasteiger partial charge in [0, 0.05) is 30.1 Å². The van der Waals surface area contributed by atoms with Gasteiger partial charge in [0.2, 0.25) is 0 Å². The molecule has 29 heavy (non-hydrogen) atoms. The lowest BCUT2D eigenvalue weighted by molar-refractivity contribution is -0.274. The number of carbonyl (C=O) groups is 2. The Hall–Kier alpha value is -3.29. The van der Waals surface area contributed by atoms with E-state index in [0.717, 1.165) is 17.4 Å². The maximum absolute atomic E-state index is 12.4. The number of benzene rings is 2. The van der Waals surface area contributed by atoms with Crippen molar-refractivity contribution in [1.29, 1.82) is 0 Å². The van der Waals surface area contributed by atoms with Crippen molar-refractivity contribution in [2.24, 2.45) is 0 Å². The summed E-state index contributed by atoms with van der Waals surface area (Å²) >= 11 is 0. The standard InChI is InChI=1S/C21H16F3NO4/c22-21(23,24)29-16-6-3-14(4-7-16)25-11-18(12-1-5-15(26)9-12)17-8-2-13(20(27)28)10-19(17)25/h2-4,6-8,10-12H,1,5,9H2,(H,27,28). The quantitative estimate of drug-likeness (QED) is 0.661. The van der Waals surface area contributed by atoms with E-state index in [1.807, 2.05) is 6.20 Å². The van der Waals surface area contributed by atoms with Gasteiger partial charge in [-0.3, -0.25) is 4.79 Å². The Morgan fingerprint density at radius 1 is 1.14 bits per heavy atom. The minimum Gasteiger partial charge on any atom is -0.478 e. The predicted octanol–water partition coefficient (Wildman–Crippen LogP) is 5.06. The maximum atomic E-state index is 12.4. The number of alkyl halides is 3. The van der Waals surface area contributed by atoms with Crippen molar-refractivity contribution in [3.63, 3.8) is 0 Å². The van der Waals surface area contributed by atoms with Gasteiger partial charge in [-0.15, -0.1) is 13.2 Å². The zero-order chi connectivity index (χ0) is 20.8. The number of halogens is 3. The Kier molecular flexibility index (Phi) is 4.56. The first-order valence-electron chi connectivity index (χ1n) is 8.97. The lowest BCUT2D eigenvalue weighted by atomic mass is 9.97. The van der Waals surface area contributed by atoms with Crippen molar-refractivity contribution in [2.45, 2.75) is 31.5 Å². The number of aromatic carboxylic acids is 1. The van der Waals surface area contributed by atoms with E-state index in [-0.39, 0.29) is 23.0 Å². The monoisotopic (exact) mass is 403 g/mol. The molecule has 0 amide bonds. The molecular formula is C21H16F3NO4. The molecule has 1 N–H and O–H groups in total. The van der Waals surface area contributed by atoms with Crippen LogP contribution in [0.1, 0.15) is 41.1 Å². The molecule has 8 heteroatoms. The molecule has 4 rings (SSSR count). The topological polar surface area (TPSA) is 68.5 Å². The van der Waals surface area contributed by atoms with Crippen LogP contribution in [-0.2, 0) is 4.79 Å². The minimum absolute atomic E-state index is 0.0368. The van der Waals surface area contributed by atoms with E-state index in [1.165, 1.54) is 36.4 Å². The fraction of sp³-hybridized carbons (Fsp3) is 0.238. The smallest absolute Gasteiger partial charge is 0.478 e. The molecule has 5 nitrogen and oxygen atoms in total. The summed E-state index contributed by atoms with van der Waals surface area (Å²) in [7, 11) is 0. The Morgan fingerprint density at radius 2 is 1.86 bits per heavy atom. The highest BCUT2D eigenvalue weighted by atomic mass is 19.4. The van der Waals surface area contributed by atoms with Crippen LogP contribution in [0.15, 0.2) is 48.7 Å². The van der Waals surface area contributed by atoms with E-state index in [9.17, 15) is 27.9 Å². The van der Waals surface area contributed by atoms with Gasteiger partial charge in [-0.2, -0.15) is 0 Å². The van der Waals surface area contributed by atoms with Crippen molar-refractivity contribution in [3.8, 4) is 11.4 Å². The number of ether oxygens (including phenoxy) is 1. The average Bonchev–Trinajstić information content (AvgIpc) is 3.24. The summed E-state index contributed by atoms with van der Waals surface area (Å²) < 4.78 is 42.8. The molecular weight excluding hydrogens is 387 g/mol. The van der Waals surface area contributed by atoms with Gasteiger partial charge in [0.25, 0.3) is 0 Å². The van der Waals surface area contributed by atoms with E-state index in [1.54, 1.807) is 10.6 Å². The molecule has 1 aromatic heterocycles. The predicted molar refractivity (Wildman–Crippen MR) is 98.5 cm³/mol. The van der Waals surface area contributed by atoms with Crippen LogP contribution in [0, 0.1) is 0 Å². The molecule has 0 saturated heterocycles. The molecule has 0 spiro atoms. The molecule has 0 radical (unpaired) electrons. The highest BCUT2D eigenvalue weighted by Crippen LogP contribution is 2.38. The first kappa shape index (κ1) is 19.0. The molecule has 1 saturated carbocycles. The Morgan fingerprint density at radius 3 is 2.45 bits per heavy atom. The van der Waals surface area contributed by atoms with Crippen LogP contribution in [0.2, 0.25) is 0 Å². The molecule has 1 aliphatic rings. The second kappa shape index (κ2) is 6.95. The molecule has 1 heterocycles. The number of carbonyl (C=O) groups excluding carboxylic acids is 1. The average molecular weight is 403 g/mol. The van der Waals surface area contributed by atoms with E-state index in [0.29, 0.717) is 24.0 Å². The third kappa shape index (κ3) is 3.83. The van der Waals surface area contributed by atoms with Crippen LogP contribution in [0.25, 0.3) is 16.6 Å². The fourth-order valence-corrected chi connectivity index (χ4v) is 3.81. The first-order valence-corrected chi connectivity index (χ1v) is 8.97. The molecule has 1 aliphatic carbocycles. The molecule has 150 valence electrons. The van der Waals surface area contributed by atoms with Crippen molar-refractivity contribution in [1.82, 2.24) is 4.57 Å². The van der Waals surface area contributed by atoms with Gasteiger partial charge in [0.1, 0.15) is 11.5 Å². The zero-order valence-electron chi connectivity index (χ0n) is 15.1. The highest BCUT2D eigenvalue weighted by Gasteiger charge is 2.31. The first-order chi connectivity index (χ1) is 13.7. The van der Waals surface area contributed by atoms with Gasteiger partial charge in [0.15, 0.2) is 0 Å². The minimum atomic E-state index is -4.78. The Bertz CT molecular complexity index is 1100. The van der Waals surface area contributed by atoms with E-state index in [4.69, 9.17) is 0 Å². The van der Waals surface area contributed by atoms with Gasteiger partial charge < -0.3 is 14.4 Å². The third-order valence-corrected chi connectivity index (χ3v) is 5.12. The van der Waals surface area contributed by atoms with Crippen molar-refractivity contribution in [2.75, 3.05) is 0 Å². The van der Waals surface area contributed by atoms with Crippen molar-refractivity contribution in [3.05, 3.63) is 59.8 Å². The number of aromatic nitrogens is 1. The number of hydrogen-bond acceptors (Lipinski definition) is 3. The number of fused-ring (bicyclic) bond motifs is 1. The van der Waals surface area contributed by atoms with Crippen LogP contribution in [-0.4, -0.2) is 27.8 Å². The van der Waals surface area contributed by atoms with Gasteiger partial charge in [-0.1, -0.05) is 6.07 Å². The van der Waals surface area contributed by atoms with Gasteiger partial charge >= 0.3 is 12.3 Å². The molecule has 2 aromatic carbocycles. The number of rotatable bonds is 4. The Labute approximate surface area is 163 Å². The lowest BCUT2D eigenvalue weighted by Crippen LogP contribution is -2.17. The Balaban J connectivity index is 1.81. The summed E-state index contributed by atoms with van der Waals surface area (Å²) in [5.41, 5.74) is 2.20. The van der Waals surface area contributed by atoms with Crippen LogP contribution in [0.5, 0.6) is 5.75 Å². The molecule has 1 unspecified atom stereocenters. The van der Waals surface area contributed by atoms with E-state index in [2.05, 4.69) is 4.74 Å². The summed E-state index contributed by atoms with van der Waals surface area (Å²) in [5.74, 6) is -1.20. The number of nitrogens with zero attached hydrogens (tertiary/aromatic N) is 1. The van der Waals surface area contributed by atoms with Crippen LogP contribution in [0.4, 0.5) is 13.2 Å². The fourth-order valence-electron chi connectivity index (χ4n) is 3.81. The number of carboxylic acid groups (broad SMARTS) is 1. The highest BCUT2D eigenvalue weighted by molar-refractivity contribution is 5.96. The molecule has 0 bridgehead atoms. The van der Waals surface area contributed by atoms with Crippen LogP contribution < -0.4 is 4.74 Å².